The zero-order chi connectivity index (χ0) is 12.3. The van der Waals surface area contributed by atoms with Crippen LogP contribution in [0.2, 0.25) is 0 Å². The number of nitrogens with zero attached hydrogens (tertiary/aromatic N) is 3. The van der Waals surface area contributed by atoms with Crippen molar-refractivity contribution in [1.82, 2.24) is 9.97 Å². The SMILES string of the molecule is Cc1ccc(C#N)cc1Oc1ncncc1I. The van der Waals surface area contributed by atoms with Gasteiger partial charge in [-0.15, -0.1) is 0 Å². The second kappa shape index (κ2) is 5.10. The minimum Gasteiger partial charge on any atom is -0.438 e. The van der Waals surface area contributed by atoms with E-state index in [9.17, 15) is 0 Å². The summed E-state index contributed by atoms with van der Waals surface area (Å²) >= 11 is 2.10. The normalized spacial score (nSPS) is 9.71. The van der Waals surface area contributed by atoms with Crippen molar-refractivity contribution in [2.45, 2.75) is 6.92 Å². The number of aromatic nitrogens is 2. The Hall–Kier alpha value is -1.68. The Bertz CT molecular complexity index is 593. The number of rotatable bonds is 2. The third-order valence-electron chi connectivity index (χ3n) is 2.16. The van der Waals surface area contributed by atoms with Gasteiger partial charge in [-0.25, -0.2) is 9.97 Å². The van der Waals surface area contributed by atoms with E-state index in [0.717, 1.165) is 9.13 Å². The number of halogens is 1. The molecule has 0 aliphatic rings. The van der Waals surface area contributed by atoms with Gasteiger partial charge >= 0.3 is 0 Å². The molecule has 0 saturated heterocycles. The molecule has 5 heteroatoms. The summed E-state index contributed by atoms with van der Waals surface area (Å²) in [7, 11) is 0. The minimum atomic E-state index is 0.499. The van der Waals surface area contributed by atoms with E-state index in [1.165, 1.54) is 6.33 Å². The number of hydrogen-bond donors (Lipinski definition) is 0. The second-order valence-electron chi connectivity index (χ2n) is 3.37. The van der Waals surface area contributed by atoms with Gasteiger partial charge in [-0.2, -0.15) is 5.26 Å². The van der Waals surface area contributed by atoms with Crippen LogP contribution in [-0.2, 0) is 0 Å². The monoisotopic (exact) mass is 337 g/mol. The van der Waals surface area contributed by atoms with Gasteiger partial charge in [0.15, 0.2) is 0 Å². The molecular formula is C12H8IN3O. The van der Waals surface area contributed by atoms with E-state index in [1.54, 1.807) is 18.3 Å². The van der Waals surface area contributed by atoms with Crippen LogP contribution in [0, 0.1) is 21.8 Å². The highest BCUT2D eigenvalue weighted by molar-refractivity contribution is 14.1. The molecular weight excluding hydrogens is 329 g/mol. The molecule has 1 aromatic heterocycles. The van der Waals surface area contributed by atoms with Gasteiger partial charge in [0.25, 0.3) is 0 Å². The predicted molar refractivity (Wildman–Crippen MR) is 70.7 cm³/mol. The van der Waals surface area contributed by atoms with E-state index >= 15 is 0 Å². The standard InChI is InChI=1S/C12H8IN3O/c1-8-2-3-9(5-14)4-11(8)17-12-10(13)6-15-7-16-12/h2-4,6-7H,1H3. The Morgan fingerprint density at radius 3 is 2.94 bits per heavy atom. The molecule has 0 amide bonds. The summed E-state index contributed by atoms with van der Waals surface area (Å²) in [4.78, 5) is 7.94. The lowest BCUT2D eigenvalue weighted by Gasteiger charge is -2.08. The molecule has 17 heavy (non-hydrogen) atoms. The van der Waals surface area contributed by atoms with Crippen LogP contribution < -0.4 is 4.74 Å². The van der Waals surface area contributed by atoms with Crippen LogP contribution in [0.1, 0.15) is 11.1 Å². The van der Waals surface area contributed by atoms with Crippen LogP contribution in [0.15, 0.2) is 30.7 Å². The van der Waals surface area contributed by atoms with Crippen LogP contribution in [0.25, 0.3) is 0 Å². The summed E-state index contributed by atoms with van der Waals surface area (Å²) in [5.41, 5.74) is 1.52. The fraction of sp³-hybridized carbons (Fsp3) is 0.0833. The van der Waals surface area contributed by atoms with Gasteiger partial charge in [0.1, 0.15) is 12.1 Å². The van der Waals surface area contributed by atoms with Crippen molar-refractivity contribution >= 4 is 22.6 Å². The molecule has 4 nitrogen and oxygen atoms in total. The van der Waals surface area contributed by atoms with Gasteiger partial charge in [0, 0.05) is 6.20 Å². The van der Waals surface area contributed by atoms with E-state index in [4.69, 9.17) is 10.00 Å². The summed E-state index contributed by atoms with van der Waals surface area (Å²) in [5, 5.41) is 8.84. The molecule has 0 bridgehead atoms. The number of aryl methyl sites for hydroxylation is 1. The van der Waals surface area contributed by atoms with Crippen molar-refractivity contribution in [2.75, 3.05) is 0 Å². The third kappa shape index (κ3) is 2.71. The van der Waals surface area contributed by atoms with Crippen LogP contribution in [-0.4, -0.2) is 9.97 Å². The molecule has 0 saturated carbocycles. The topological polar surface area (TPSA) is 58.8 Å². The smallest absolute Gasteiger partial charge is 0.235 e. The highest BCUT2D eigenvalue weighted by Crippen LogP contribution is 2.27. The molecule has 0 aliphatic carbocycles. The lowest BCUT2D eigenvalue weighted by molar-refractivity contribution is 0.454. The minimum absolute atomic E-state index is 0.499. The van der Waals surface area contributed by atoms with Crippen molar-refractivity contribution in [3.05, 3.63) is 45.4 Å². The average Bonchev–Trinajstić information content (AvgIpc) is 2.35. The highest BCUT2D eigenvalue weighted by atomic mass is 127. The van der Waals surface area contributed by atoms with Crippen molar-refractivity contribution in [3.63, 3.8) is 0 Å². The fourth-order valence-electron chi connectivity index (χ4n) is 1.26. The fourth-order valence-corrected chi connectivity index (χ4v) is 1.67. The van der Waals surface area contributed by atoms with E-state index in [1.807, 2.05) is 13.0 Å². The maximum absolute atomic E-state index is 8.84. The molecule has 2 rings (SSSR count). The van der Waals surface area contributed by atoms with Crippen molar-refractivity contribution < 1.29 is 4.74 Å². The Kier molecular flexibility index (Phi) is 3.54. The third-order valence-corrected chi connectivity index (χ3v) is 2.90. The number of benzene rings is 1. The molecule has 0 spiro atoms. The summed E-state index contributed by atoms with van der Waals surface area (Å²) in [5.74, 6) is 1.14. The van der Waals surface area contributed by atoms with Crippen molar-refractivity contribution in [3.8, 4) is 17.7 Å². The molecule has 0 N–H and O–H groups in total. The first kappa shape index (κ1) is 11.8. The van der Waals surface area contributed by atoms with Gasteiger partial charge in [0.2, 0.25) is 5.88 Å². The van der Waals surface area contributed by atoms with E-state index in [-0.39, 0.29) is 0 Å². The Morgan fingerprint density at radius 2 is 2.24 bits per heavy atom. The Labute approximate surface area is 112 Å². The van der Waals surface area contributed by atoms with E-state index < -0.39 is 0 Å². The molecule has 1 heterocycles. The molecule has 0 atom stereocenters. The van der Waals surface area contributed by atoms with Crippen LogP contribution in [0.5, 0.6) is 11.6 Å². The van der Waals surface area contributed by atoms with Gasteiger partial charge in [-0.1, -0.05) is 6.07 Å². The summed E-state index contributed by atoms with van der Waals surface area (Å²) < 4.78 is 6.50. The van der Waals surface area contributed by atoms with Gasteiger partial charge in [-0.3, -0.25) is 0 Å². The average molecular weight is 337 g/mol. The second-order valence-corrected chi connectivity index (χ2v) is 4.53. The zero-order valence-electron chi connectivity index (χ0n) is 9.01. The predicted octanol–water partition coefficient (Wildman–Crippen LogP) is 3.05. The largest absolute Gasteiger partial charge is 0.438 e. The maximum atomic E-state index is 8.84. The van der Waals surface area contributed by atoms with Crippen LogP contribution in [0.3, 0.4) is 0 Å². The number of nitriles is 1. The molecule has 84 valence electrons. The van der Waals surface area contributed by atoms with Gasteiger partial charge in [-0.05, 0) is 47.2 Å². The van der Waals surface area contributed by atoms with Crippen LogP contribution in [0.4, 0.5) is 0 Å². The molecule has 0 unspecified atom stereocenters. The van der Waals surface area contributed by atoms with E-state index in [0.29, 0.717) is 17.2 Å². The maximum Gasteiger partial charge on any atom is 0.235 e. The molecule has 0 aliphatic heterocycles. The first-order valence-electron chi connectivity index (χ1n) is 4.85. The Balaban J connectivity index is 2.37. The van der Waals surface area contributed by atoms with Gasteiger partial charge < -0.3 is 4.74 Å². The number of ether oxygens (including phenoxy) is 1. The quantitative estimate of drug-likeness (QED) is 0.791. The van der Waals surface area contributed by atoms with Crippen LogP contribution >= 0.6 is 22.6 Å². The van der Waals surface area contributed by atoms with Crippen molar-refractivity contribution in [1.29, 1.82) is 5.26 Å². The summed E-state index contributed by atoms with van der Waals surface area (Å²) in [6.07, 6.45) is 3.10. The molecule has 0 fully saturated rings. The van der Waals surface area contributed by atoms with Crippen molar-refractivity contribution in [2.24, 2.45) is 0 Å². The lowest BCUT2D eigenvalue weighted by Crippen LogP contribution is -1.94. The van der Waals surface area contributed by atoms with E-state index in [2.05, 4.69) is 38.6 Å². The first-order valence-corrected chi connectivity index (χ1v) is 5.92. The summed E-state index contributed by atoms with van der Waals surface area (Å²) in [6.45, 7) is 1.92. The lowest BCUT2D eigenvalue weighted by atomic mass is 10.1. The summed E-state index contributed by atoms with van der Waals surface area (Å²) in [6, 6.07) is 7.39. The molecule has 2 aromatic rings. The number of hydrogen-bond acceptors (Lipinski definition) is 4. The Morgan fingerprint density at radius 1 is 1.41 bits per heavy atom. The van der Waals surface area contributed by atoms with Gasteiger partial charge in [0.05, 0.1) is 15.2 Å². The molecule has 1 aromatic carbocycles. The molecule has 0 radical (unpaired) electrons. The zero-order valence-corrected chi connectivity index (χ0v) is 11.2. The first-order chi connectivity index (χ1) is 8.20. The highest BCUT2D eigenvalue weighted by Gasteiger charge is 2.07.